The SMILES string of the molecule is CCOC(=O)C(C)(CC1CC1)c1nnc(-c2nn(Cc3ccccc3F)c3ncc(F)cc23)[nH]c1=O. The summed E-state index contributed by atoms with van der Waals surface area (Å²) >= 11 is 0. The summed E-state index contributed by atoms with van der Waals surface area (Å²) in [6.45, 7) is 3.54. The molecule has 186 valence electrons. The zero-order chi connectivity index (χ0) is 25.4. The van der Waals surface area contributed by atoms with Gasteiger partial charge in [0.1, 0.15) is 28.4 Å². The monoisotopic (exact) mass is 494 g/mol. The van der Waals surface area contributed by atoms with Crippen molar-refractivity contribution in [2.45, 2.75) is 45.1 Å². The predicted molar refractivity (Wildman–Crippen MR) is 126 cm³/mol. The summed E-state index contributed by atoms with van der Waals surface area (Å²) in [7, 11) is 0. The molecule has 11 heteroatoms. The summed E-state index contributed by atoms with van der Waals surface area (Å²) in [5.74, 6) is -1.27. The Bertz CT molecular complexity index is 1510. The highest BCUT2D eigenvalue weighted by Crippen LogP contribution is 2.41. The molecule has 3 aromatic heterocycles. The van der Waals surface area contributed by atoms with E-state index in [1.165, 1.54) is 16.8 Å². The van der Waals surface area contributed by atoms with Crippen LogP contribution in [-0.2, 0) is 21.5 Å². The molecule has 1 aromatic carbocycles. The number of hydrogen-bond acceptors (Lipinski definition) is 7. The van der Waals surface area contributed by atoms with E-state index in [0.29, 0.717) is 17.9 Å². The van der Waals surface area contributed by atoms with Crippen molar-refractivity contribution in [1.82, 2.24) is 29.9 Å². The summed E-state index contributed by atoms with van der Waals surface area (Å²) in [4.78, 5) is 32.8. The van der Waals surface area contributed by atoms with Crippen molar-refractivity contribution in [2.75, 3.05) is 6.61 Å². The van der Waals surface area contributed by atoms with E-state index in [1.54, 1.807) is 32.0 Å². The number of rotatable bonds is 8. The van der Waals surface area contributed by atoms with Crippen LogP contribution < -0.4 is 5.56 Å². The molecular weight excluding hydrogens is 470 g/mol. The van der Waals surface area contributed by atoms with Crippen molar-refractivity contribution >= 4 is 17.0 Å². The summed E-state index contributed by atoms with van der Waals surface area (Å²) in [6.07, 6.45) is 3.41. The van der Waals surface area contributed by atoms with Crippen molar-refractivity contribution in [1.29, 1.82) is 0 Å². The molecule has 5 rings (SSSR count). The average molecular weight is 495 g/mol. The Kier molecular flexibility index (Phi) is 6.07. The lowest BCUT2D eigenvalue weighted by molar-refractivity contribution is -0.150. The second kappa shape index (κ2) is 9.21. The van der Waals surface area contributed by atoms with Gasteiger partial charge in [-0.2, -0.15) is 5.10 Å². The van der Waals surface area contributed by atoms with Gasteiger partial charge >= 0.3 is 5.97 Å². The van der Waals surface area contributed by atoms with Gasteiger partial charge in [-0.05, 0) is 38.3 Å². The van der Waals surface area contributed by atoms with Crippen LogP contribution in [0.25, 0.3) is 22.6 Å². The highest BCUT2D eigenvalue weighted by molar-refractivity contribution is 5.89. The first-order valence-electron chi connectivity index (χ1n) is 11.7. The molecule has 3 heterocycles. The summed E-state index contributed by atoms with van der Waals surface area (Å²) in [5, 5.41) is 13.0. The number of esters is 1. The van der Waals surface area contributed by atoms with Crippen LogP contribution in [0, 0.1) is 17.6 Å². The van der Waals surface area contributed by atoms with Gasteiger partial charge in [0.25, 0.3) is 5.56 Å². The van der Waals surface area contributed by atoms with Crippen LogP contribution >= 0.6 is 0 Å². The number of benzene rings is 1. The lowest BCUT2D eigenvalue weighted by atomic mass is 9.81. The van der Waals surface area contributed by atoms with Crippen molar-refractivity contribution in [3.63, 3.8) is 0 Å². The molecule has 9 nitrogen and oxygen atoms in total. The van der Waals surface area contributed by atoms with Gasteiger partial charge < -0.3 is 9.72 Å². The second-order valence-corrected chi connectivity index (χ2v) is 9.17. The fourth-order valence-electron chi connectivity index (χ4n) is 4.38. The summed E-state index contributed by atoms with van der Waals surface area (Å²) in [6, 6.07) is 7.43. The molecule has 1 N–H and O–H groups in total. The van der Waals surface area contributed by atoms with Gasteiger partial charge in [0.15, 0.2) is 11.5 Å². The molecule has 0 spiro atoms. The molecule has 1 saturated carbocycles. The molecule has 1 fully saturated rings. The molecule has 1 unspecified atom stereocenters. The van der Waals surface area contributed by atoms with Gasteiger partial charge in [0, 0.05) is 5.56 Å². The van der Waals surface area contributed by atoms with Crippen molar-refractivity contribution in [3.05, 3.63) is 69.8 Å². The van der Waals surface area contributed by atoms with Crippen LogP contribution in [0.3, 0.4) is 0 Å². The summed E-state index contributed by atoms with van der Waals surface area (Å²) < 4.78 is 35.0. The Morgan fingerprint density at radius 1 is 1.25 bits per heavy atom. The lowest BCUT2D eigenvalue weighted by Gasteiger charge is -2.25. The maximum absolute atomic E-state index is 14.3. The van der Waals surface area contributed by atoms with Crippen LogP contribution in [0.4, 0.5) is 8.78 Å². The molecule has 0 amide bonds. The molecule has 4 aromatic rings. The Morgan fingerprint density at radius 3 is 2.72 bits per heavy atom. The van der Waals surface area contributed by atoms with Gasteiger partial charge in [0.05, 0.1) is 24.7 Å². The van der Waals surface area contributed by atoms with E-state index in [9.17, 15) is 18.4 Å². The minimum Gasteiger partial charge on any atom is -0.465 e. The largest absolute Gasteiger partial charge is 0.465 e. The number of H-pyrrole nitrogens is 1. The zero-order valence-electron chi connectivity index (χ0n) is 19.8. The fraction of sp³-hybridized carbons (Fsp3) is 0.360. The van der Waals surface area contributed by atoms with E-state index < -0.39 is 28.6 Å². The zero-order valence-corrected chi connectivity index (χ0v) is 19.8. The third kappa shape index (κ3) is 4.36. The molecular formula is C25H24F2N6O3. The van der Waals surface area contributed by atoms with Crippen LogP contribution in [0.1, 0.15) is 44.4 Å². The third-order valence-corrected chi connectivity index (χ3v) is 6.40. The number of pyridine rings is 1. The number of carbonyl (C=O) groups excluding carboxylic acids is 1. The quantitative estimate of drug-likeness (QED) is 0.373. The van der Waals surface area contributed by atoms with E-state index in [2.05, 4.69) is 25.3 Å². The molecule has 0 aliphatic heterocycles. The Hall–Kier alpha value is -4.02. The predicted octanol–water partition coefficient (Wildman–Crippen LogP) is 3.52. The number of aromatic nitrogens is 6. The number of nitrogens with zero attached hydrogens (tertiary/aromatic N) is 5. The van der Waals surface area contributed by atoms with E-state index in [-0.39, 0.29) is 41.4 Å². The highest BCUT2D eigenvalue weighted by Gasteiger charge is 2.45. The number of aromatic amines is 1. The highest BCUT2D eigenvalue weighted by atomic mass is 19.1. The maximum atomic E-state index is 14.3. The molecule has 36 heavy (non-hydrogen) atoms. The number of fused-ring (bicyclic) bond motifs is 1. The smallest absolute Gasteiger partial charge is 0.318 e. The second-order valence-electron chi connectivity index (χ2n) is 9.17. The first kappa shape index (κ1) is 23.7. The standard InChI is InChI=1S/C25H24F2N6O3/c1-3-36-24(35)25(2,11-14-8-9-14)20-23(34)29-21(31-30-20)19-17-10-16(26)12-28-22(17)33(32-19)13-15-6-4-5-7-18(15)27/h4-7,10,12,14H,3,8-9,11,13H2,1-2H3,(H,29,31,34). The molecule has 1 aliphatic rings. The lowest BCUT2D eigenvalue weighted by Crippen LogP contribution is -2.41. The molecule has 1 atom stereocenters. The van der Waals surface area contributed by atoms with Gasteiger partial charge in [-0.1, -0.05) is 31.0 Å². The number of nitrogens with one attached hydrogen (secondary N) is 1. The molecule has 1 aliphatic carbocycles. The number of carbonyl (C=O) groups is 1. The van der Waals surface area contributed by atoms with Crippen LogP contribution in [0.5, 0.6) is 0 Å². The molecule has 0 radical (unpaired) electrons. The van der Waals surface area contributed by atoms with E-state index >= 15 is 0 Å². The van der Waals surface area contributed by atoms with Gasteiger partial charge in [-0.15, -0.1) is 10.2 Å². The molecule has 0 saturated heterocycles. The fourth-order valence-corrected chi connectivity index (χ4v) is 4.38. The number of ether oxygens (including phenoxy) is 1. The van der Waals surface area contributed by atoms with Crippen molar-refractivity contribution < 1.29 is 18.3 Å². The summed E-state index contributed by atoms with van der Waals surface area (Å²) in [5.41, 5.74) is -1.14. The number of hydrogen-bond donors (Lipinski definition) is 1. The van der Waals surface area contributed by atoms with Gasteiger partial charge in [-0.3, -0.25) is 9.59 Å². The minimum atomic E-state index is -1.25. The van der Waals surface area contributed by atoms with E-state index in [1.807, 2.05) is 0 Å². The average Bonchev–Trinajstić information content (AvgIpc) is 3.59. The van der Waals surface area contributed by atoms with Crippen LogP contribution in [0.15, 0.2) is 41.3 Å². The maximum Gasteiger partial charge on any atom is 0.318 e. The Labute approximate surface area is 204 Å². The normalized spacial score (nSPS) is 15.1. The number of halogens is 2. The van der Waals surface area contributed by atoms with Gasteiger partial charge in [0.2, 0.25) is 0 Å². The minimum absolute atomic E-state index is 0.0222. The molecule has 0 bridgehead atoms. The van der Waals surface area contributed by atoms with Crippen molar-refractivity contribution in [3.8, 4) is 11.5 Å². The van der Waals surface area contributed by atoms with E-state index in [0.717, 1.165) is 19.0 Å². The third-order valence-electron chi connectivity index (χ3n) is 6.40. The topological polar surface area (TPSA) is 116 Å². The van der Waals surface area contributed by atoms with Crippen LogP contribution in [-0.4, -0.2) is 42.5 Å². The van der Waals surface area contributed by atoms with Crippen LogP contribution in [0.2, 0.25) is 0 Å². The van der Waals surface area contributed by atoms with E-state index in [4.69, 9.17) is 4.74 Å². The Morgan fingerprint density at radius 2 is 2.03 bits per heavy atom. The Balaban J connectivity index is 1.58. The first-order chi connectivity index (χ1) is 17.3. The van der Waals surface area contributed by atoms with Crippen molar-refractivity contribution in [2.24, 2.45) is 5.92 Å². The first-order valence-corrected chi connectivity index (χ1v) is 11.7. The van der Waals surface area contributed by atoms with Gasteiger partial charge in [-0.25, -0.2) is 18.4 Å².